The van der Waals surface area contributed by atoms with Gasteiger partial charge in [0.05, 0.1) is 16.9 Å². The standard InChI is InChI=1S/C16H17N3O3S/c1-2-5-17-15(20)7-19-13-6-11(12-9-23-10-18-12)3-4-14(13)22-8-16(19)21/h3-4,6,9-10H,2,5,7-8H2,1H3,(H,17,20). The van der Waals surface area contributed by atoms with E-state index in [0.29, 0.717) is 18.0 Å². The molecule has 0 unspecified atom stereocenters. The maximum Gasteiger partial charge on any atom is 0.265 e. The molecule has 2 heterocycles. The summed E-state index contributed by atoms with van der Waals surface area (Å²) in [6.45, 7) is 2.53. The number of hydrogen-bond donors (Lipinski definition) is 1. The SMILES string of the molecule is CCCNC(=O)CN1C(=O)COc2ccc(-c3cscn3)cc21. The quantitative estimate of drug-likeness (QED) is 0.910. The van der Waals surface area contributed by atoms with Gasteiger partial charge >= 0.3 is 0 Å². The first-order valence-corrected chi connectivity index (χ1v) is 8.35. The molecule has 1 N–H and O–H groups in total. The van der Waals surface area contributed by atoms with Crippen molar-refractivity contribution in [1.29, 1.82) is 0 Å². The van der Waals surface area contributed by atoms with E-state index >= 15 is 0 Å². The second kappa shape index (κ2) is 6.78. The molecule has 1 aromatic carbocycles. The number of carbonyl (C=O) groups excluding carboxylic acids is 2. The Morgan fingerprint density at radius 1 is 1.48 bits per heavy atom. The summed E-state index contributed by atoms with van der Waals surface area (Å²) < 4.78 is 5.46. The van der Waals surface area contributed by atoms with Crippen molar-refractivity contribution in [1.82, 2.24) is 10.3 Å². The molecule has 7 heteroatoms. The average Bonchev–Trinajstić information content (AvgIpc) is 3.09. The molecule has 1 aromatic heterocycles. The summed E-state index contributed by atoms with van der Waals surface area (Å²) in [5, 5.41) is 4.72. The third kappa shape index (κ3) is 3.34. The molecule has 6 nitrogen and oxygen atoms in total. The zero-order valence-electron chi connectivity index (χ0n) is 12.7. The normalized spacial score (nSPS) is 13.4. The summed E-state index contributed by atoms with van der Waals surface area (Å²) in [5.74, 6) is 0.207. The fourth-order valence-corrected chi connectivity index (χ4v) is 2.91. The maximum absolute atomic E-state index is 12.2. The van der Waals surface area contributed by atoms with Crippen molar-refractivity contribution in [2.24, 2.45) is 0 Å². The lowest BCUT2D eigenvalue weighted by atomic mass is 10.1. The van der Waals surface area contributed by atoms with Crippen molar-refractivity contribution >= 4 is 28.8 Å². The molecule has 0 bridgehead atoms. The van der Waals surface area contributed by atoms with Gasteiger partial charge in [0.2, 0.25) is 5.91 Å². The van der Waals surface area contributed by atoms with E-state index in [1.807, 2.05) is 30.5 Å². The van der Waals surface area contributed by atoms with Gasteiger partial charge in [-0.1, -0.05) is 6.92 Å². The molecule has 0 spiro atoms. The van der Waals surface area contributed by atoms with Crippen LogP contribution in [0.25, 0.3) is 11.3 Å². The van der Waals surface area contributed by atoms with Crippen LogP contribution in [0, 0.1) is 0 Å². The molecule has 1 aliphatic heterocycles. The Kier molecular flexibility index (Phi) is 4.57. The highest BCUT2D eigenvalue weighted by molar-refractivity contribution is 7.07. The van der Waals surface area contributed by atoms with Crippen molar-refractivity contribution in [2.75, 3.05) is 24.6 Å². The fraction of sp³-hybridized carbons (Fsp3) is 0.312. The molecular weight excluding hydrogens is 314 g/mol. The highest BCUT2D eigenvalue weighted by Gasteiger charge is 2.27. The van der Waals surface area contributed by atoms with E-state index in [-0.39, 0.29) is 25.0 Å². The van der Waals surface area contributed by atoms with Gasteiger partial charge in [-0.05, 0) is 24.6 Å². The zero-order chi connectivity index (χ0) is 16.2. The van der Waals surface area contributed by atoms with Gasteiger partial charge in [0.1, 0.15) is 12.3 Å². The van der Waals surface area contributed by atoms with Gasteiger partial charge in [0, 0.05) is 17.5 Å². The number of carbonyl (C=O) groups is 2. The van der Waals surface area contributed by atoms with Gasteiger partial charge < -0.3 is 10.1 Å². The third-order valence-electron chi connectivity index (χ3n) is 3.50. The van der Waals surface area contributed by atoms with Gasteiger partial charge in [-0.2, -0.15) is 0 Å². The molecule has 1 aliphatic rings. The minimum Gasteiger partial charge on any atom is -0.482 e. The lowest BCUT2D eigenvalue weighted by molar-refractivity contribution is -0.125. The Morgan fingerprint density at radius 3 is 3.09 bits per heavy atom. The first-order valence-electron chi connectivity index (χ1n) is 7.41. The van der Waals surface area contributed by atoms with Crippen LogP contribution in [0.1, 0.15) is 13.3 Å². The molecule has 0 aliphatic carbocycles. The molecule has 0 saturated heterocycles. The fourth-order valence-electron chi connectivity index (χ4n) is 2.35. The lowest BCUT2D eigenvalue weighted by Gasteiger charge is -2.29. The largest absolute Gasteiger partial charge is 0.482 e. The van der Waals surface area contributed by atoms with E-state index in [1.54, 1.807) is 5.51 Å². The highest BCUT2D eigenvalue weighted by atomic mass is 32.1. The van der Waals surface area contributed by atoms with Crippen molar-refractivity contribution in [3.8, 4) is 17.0 Å². The summed E-state index contributed by atoms with van der Waals surface area (Å²) in [5.41, 5.74) is 4.10. The molecule has 23 heavy (non-hydrogen) atoms. The first-order chi connectivity index (χ1) is 11.2. The minimum absolute atomic E-state index is 0.00425. The van der Waals surface area contributed by atoms with Crippen LogP contribution in [0.5, 0.6) is 5.75 Å². The van der Waals surface area contributed by atoms with Crippen LogP contribution >= 0.6 is 11.3 Å². The number of thiazole rings is 1. The van der Waals surface area contributed by atoms with Gasteiger partial charge in [0.15, 0.2) is 6.61 Å². The Balaban J connectivity index is 1.88. The Hall–Kier alpha value is -2.41. The number of fused-ring (bicyclic) bond motifs is 1. The summed E-state index contributed by atoms with van der Waals surface area (Å²) in [7, 11) is 0. The van der Waals surface area contributed by atoms with Crippen LogP contribution in [0.15, 0.2) is 29.1 Å². The Bertz CT molecular complexity index is 715. The second-order valence-corrected chi connectivity index (χ2v) is 5.89. The molecule has 0 saturated carbocycles. The number of nitrogens with one attached hydrogen (secondary N) is 1. The molecule has 0 atom stereocenters. The van der Waals surface area contributed by atoms with Crippen LogP contribution in [-0.2, 0) is 9.59 Å². The molecular formula is C16H17N3O3S. The number of hydrogen-bond acceptors (Lipinski definition) is 5. The number of benzene rings is 1. The summed E-state index contributed by atoms with van der Waals surface area (Å²) in [4.78, 5) is 29.9. The summed E-state index contributed by atoms with van der Waals surface area (Å²) in [6.07, 6.45) is 0.855. The predicted molar refractivity (Wildman–Crippen MR) is 88.7 cm³/mol. The molecule has 120 valence electrons. The number of amides is 2. The van der Waals surface area contributed by atoms with Gasteiger partial charge in [-0.25, -0.2) is 4.98 Å². The molecule has 0 radical (unpaired) electrons. The van der Waals surface area contributed by atoms with E-state index in [9.17, 15) is 9.59 Å². The monoisotopic (exact) mass is 331 g/mol. The number of rotatable bonds is 5. The average molecular weight is 331 g/mol. The van der Waals surface area contributed by atoms with Crippen LogP contribution in [0.3, 0.4) is 0 Å². The van der Waals surface area contributed by atoms with Gasteiger partial charge in [-0.15, -0.1) is 11.3 Å². The Labute approximate surface area is 138 Å². The summed E-state index contributed by atoms with van der Waals surface area (Å²) >= 11 is 1.51. The minimum atomic E-state index is -0.223. The smallest absolute Gasteiger partial charge is 0.265 e. The van der Waals surface area contributed by atoms with E-state index in [4.69, 9.17) is 4.74 Å². The number of ether oxygens (including phenoxy) is 1. The summed E-state index contributed by atoms with van der Waals surface area (Å²) in [6, 6.07) is 5.56. The van der Waals surface area contributed by atoms with Crippen LogP contribution in [0.2, 0.25) is 0 Å². The third-order valence-corrected chi connectivity index (χ3v) is 4.09. The van der Waals surface area contributed by atoms with Crippen molar-refractivity contribution < 1.29 is 14.3 Å². The van der Waals surface area contributed by atoms with E-state index in [2.05, 4.69) is 10.3 Å². The van der Waals surface area contributed by atoms with Crippen LogP contribution in [-0.4, -0.2) is 36.5 Å². The van der Waals surface area contributed by atoms with Crippen molar-refractivity contribution in [3.63, 3.8) is 0 Å². The van der Waals surface area contributed by atoms with Gasteiger partial charge in [0.25, 0.3) is 5.91 Å². The zero-order valence-corrected chi connectivity index (χ0v) is 13.6. The Morgan fingerprint density at radius 2 is 2.35 bits per heavy atom. The second-order valence-electron chi connectivity index (χ2n) is 5.17. The van der Waals surface area contributed by atoms with Crippen LogP contribution < -0.4 is 15.0 Å². The van der Waals surface area contributed by atoms with E-state index in [0.717, 1.165) is 17.7 Å². The molecule has 3 rings (SSSR count). The molecule has 0 fully saturated rings. The van der Waals surface area contributed by atoms with E-state index in [1.165, 1.54) is 16.2 Å². The van der Waals surface area contributed by atoms with Crippen molar-refractivity contribution in [3.05, 3.63) is 29.1 Å². The first kappa shape index (κ1) is 15.5. The highest BCUT2D eigenvalue weighted by Crippen LogP contribution is 2.35. The number of aromatic nitrogens is 1. The van der Waals surface area contributed by atoms with Crippen LogP contribution in [0.4, 0.5) is 5.69 Å². The van der Waals surface area contributed by atoms with E-state index < -0.39 is 0 Å². The van der Waals surface area contributed by atoms with Gasteiger partial charge in [-0.3, -0.25) is 14.5 Å². The van der Waals surface area contributed by atoms with Crippen molar-refractivity contribution in [2.45, 2.75) is 13.3 Å². The predicted octanol–water partition coefficient (Wildman–Crippen LogP) is 2.06. The molecule has 2 amide bonds. The number of nitrogens with zero attached hydrogens (tertiary/aromatic N) is 2. The number of anilines is 1. The maximum atomic E-state index is 12.2. The topological polar surface area (TPSA) is 71.5 Å². The molecule has 2 aromatic rings. The lowest BCUT2D eigenvalue weighted by Crippen LogP contribution is -2.45.